The highest BCUT2D eigenvalue weighted by Crippen LogP contribution is 2.13. The Morgan fingerprint density at radius 1 is 1.31 bits per heavy atom. The van der Waals surface area contributed by atoms with E-state index in [-0.39, 0.29) is 12.4 Å². The summed E-state index contributed by atoms with van der Waals surface area (Å²) in [7, 11) is -3.76. The molecule has 0 bridgehead atoms. The predicted molar refractivity (Wildman–Crippen MR) is 59.0 cm³/mol. The maximum atomic E-state index is 12.7. The summed E-state index contributed by atoms with van der Waals surface area (Å²) in [5.74, 6) is -3.19. The fourth-order valence-corrected chi connectivity index (χ4v) is 2.60. The van der Waals surface area contributed by atoms with Crippen LogP contribution in [0.25, 0.3) is 0 Å². The van der Waals surface area contributed by atoms with Crippen molar-refractivity contribution in [3.05, 3.63) is 0 Å². The van der Waals surface area contributed by atoms with Crippen LogP contribution >= 0.6 is 12.4 Å². The minimum absolute atomic E-state index is 0. The van der Waals surface area contributed by atoms with Gasteiger partial charge in [-0.3, -0.25) is 0 Å². The molecule has 1 rings (SSSR count). The van der Waals surface area contributed by atoms with E-state index < -0.39 is 29.2 Å². The van der Waals surface area contributed by atoms with Crippen molar-refractivity contribution in [1.82, 2.24) is 9.03 Å². The third kappa shape index (κ3) is 4.46. The molecule has 3 N–H and O–H groups in total. The highest BCUT2D eigenvalue weighted by Gasteiger charge is 2.32. The maximum Gasteiger partial charge on any atom is 0.279 e. The Morgan fingerprint density at radius 3 is 2.25 bits per heavy atom. The third-order valence-corrected chi connectivity index (χ3v) is 3.77. The van der Waals surface area contributed by atoms with Gasteiger partial charge in [0.25, 0.3) is 16.1 Å². The lowest BCUT2D eigenvalue weighted by atomic mass is 10.3. The first-order valence-electron chi connectivity index (χ1n) is 4.70. The van der Waals surface area contributed by atoms with Gasteiger partial charge in [-0.15, -0.1) is 12.4 Å². The summed E-state index contributed by atoms with van der Waals surface area (Å²) < 4.78 is 51.3. The number of hydrogen-bond donors (Lipinski definition) is 2. The molecule has 1 heterocycles. The van der Waals surface area contributed by atoms with Gasteiger partial charge in [-0.1, -0.05) is 0 Å². The Morgan fingerprint density at radius 2 is 1.81 bits per heavy atom. The molecule has 0 amide bonds. The molecule has 0 atom stereocenters. The van der Waals surface area contributed by atoms with Crippen LogP contribution in [0.2, 0.25) is 0 Å². The fourth-order valence-electron chi connectivity index (χ4n) is 1.29. The highest BCUT2D eigenvalue weighted by atomic mass is 35.5. The molecule has 0 radical (unpaired) electrons. The van der Waals surface area contributed by atoms with Crippen molar-refractivity contribution in [2.45, 2.75) is 18.8 Å². The van der Waals surface area contributed by atoms with Gasteiger partial charge < -0.3 is 5.73 Å². The number of nitrogens with zero attached hydrogens (tertiary/aromatic N) is 1. The van der Waals surface area contributed by atoms with Crippen LogP contribution in [0.3, 0.4) is 0 Å². The van der Waals surface area contributed by atoms with Crippen molar-refractivity contribution in [3.63, 3.8) is 0 Å². The molecule has 0 saturated carbocycles. The zero-order chi connectivity index (χ0) is 11.5. The van der Waals surface area contributed by atoms with Crippen molar-refractivity contribution in [2.24, 2.45) is 5.73 Å². The SMILES string of the molecule is Cl.NCC(F)(F)CNS(=O)(=O)N1CCCC1. The highest BCUT2D eigenvalue weighted by molar-refractivity contribution is 7.87. The summed E-state index contributed by atoms with van der Waals surface area (Å²) in [4.78, 5) is 0. The predicted octanol–water partition coefficient (Wildman–Crippen LogP) is -0.0676. The first kappa shape index (κ1) is 16.0. The Bertz CT molecular complexity index is 307. The van der Waals surface area contributed by atoms with Gasteiger partial charge >= 0.3 is 0 Å². The summed E-state index contributed by atoms with van der Waals surface area (Å²) in [6, 6.07) is 0. The van der Waals surface area contributed by atoms with Crippen LogP contribution < -0.4 is 10.5 Å². The second-order valence-corrected chi connectivity index (χ2v) is 5.25. The minimum atomic E-state index is -3.76. The van der Waals surface area contributed by atoms with Crippen LogP contribution in [0, 0.1) is 0 Å². The Balaban J connectivity index is 0.00000225. The molecule has 0 unspecified atom stereocenters. The molecule has 1 aliphatic heterocycles. The number of nitrogens with two attached hydrogens (primary N) is 1. The molecule has 0 aromatic heterocycles. The van der Waals surface area contributed by atoms with E-state index in [9.17, 15) is 17.2 Å². The molecule has 5 nitrogen and oxygen atoms in total. The molecule has 0 aromatic carbocycles. The van der Waals surface area contributed by atoms with Crippen molar-refractivity contribution < 1.29 is 17.2 Å². The van der Waals surface area contributed by atoms with Crippen molar-refractivity contribution in [3.8, 4) is 0 Å². The molecule has 1 saturated heterocycles. The lowest BCUT2D eigenvalue weighted by molar-refractivity contribution is 0.0167. The van der Waals surface area contributed by atoms with Crippen LogP contribution in [-0.2, 0) is 10.2 Å². The second-order valence-electron chi connectivity index (χ2n) is 3.49. The molecule has 1 aliphatic rings. The van der Waals surface area contributed by atoms with Gasteiger partial charge in [0.1, 0.15) is 0 Å². The van der Waals surface area contributed by atoms with Gasteiger partial charge in [0.2, 0.25) is 0 Å². The third-order valence-electron chi connectivity index (χ3n) is 2.22. The van der Waals surface area contributed by atoms with E-state index in [1.54, 1.807) is 0 Å². The maximum absolute atomic E-state index is 12.7. The van der Waals surface area contributed by atoms with Crippen molar-refractivity contribution in [2.75, 3.05) is 26.2 Å². The lowest BCUT2D eigenvalue weighted by Gasteiger charge is -2.19. The van der Waals surface area contributed by atoms with Gasteiger partial charge in [0.15, 0.2) is 0 Å². The minimum Gasteiger partial charge on any atom is -0.325 e. The van der Waals surface area contributed by atoms with Gasteiger partial charge in [0, 0.05) is 13.1 Å². The Kier molecular flexibility index (Phi) is 6.05. The van der Waals surface area contributed by atoms with E-state index in [1.807, 2.05) is 4.72 Å². The van der Waals surface area contributed by atoms with Crippen LogP contribution in [0.15, 0.2) is 0 Å². The van der Waals surface area contributed by atoms with Crippen molar-refractivity contribution in [1.29, 1.82) is 0 Å². The molecular formula is C7H16ClF2N3O2S. The Hall–Kier alpha value is -0.0200. The van der Waals surface area contributed by atoms with Crippen molar-refractivity contribution >= 4 is 22.6 Å². The molecular weight excluding hydrogens is 264 g/mol. The molecule has 1 fully saturated rings. The zero-order valence-electron chi connectivity index (χ0n) is 8.66. The van der Waals surface area contributed by atoms with Gasteiger partial charge in [-0.25, -0.2) is 8.78 Å². The van der Waals surface area contributed by atoms with E-state index >= 15 is 0 Å². The van der Waals surface area contributed by atoms with E-state index in [2.05, 4.69) is 0 Å². The molecule has 16 heavy (non-hydrogen) atoms. The summed E-state index contributed by atoms with van der Waals surface area (Å²) in [6.45, 7) is -1.02. The lowest BCUT2D eigenvalue weighted by Crippen LogP contribution is -2.46. The average Bonchev–Trinajstić information content (AvgIpc) is 2.69. The van der Waals surface area contributed by atoms with Crippen LogP contribution in [0.4, 0.5) is 8.78 Å². The van der Waals surface area contributed by atoms with E-state index in [0.29, 0.717) is 13.1 Å². The second kappa shape index (κ2) is 6.06. The van der Waals surface area contributed by atoms with Gasteiger partial charge in [-0.2, -0.15) is 17.4 Å². The normalized spacial score (nSPS) is 18.4. The number of hydrogen-bond acceptors (Lipinski definition) is 3. The zero-order valence-corrected chi connectivity index (χ0v) is 10.3. The van der Waals surface area contributed by atoms with Gasteiger partial charge in [-0.05, 0) is 12.8 Å². The molecule has 9 heteroatoms. The first-order valence-corrected chi connectivity index (χ1v) is 6.14. The van der Waals surface area contributed by atoms with E-state index in [0.717, 1.165) is 12.8 Å². The van der Waals surface area contributed by atoms with Gasteiger partial charge in [0.05, 0.1) is 13.1 Å². The average molecular weight is 280 g/mol. The molecule has 0 spiro atoms. The topological polar surface area (TPSA) is 75.4 Å². The van der Waals surface area contributed by atoms with E-state index in [1.165, 1.54) is 4.31 Å². The summed E-state index contributed by atoms with van der Waals surface area (Å²) in [5, 5.41) is 0. The smallest absolute Gasteiger partial charge is 0.279 e. The standard InChI is InChI=1S/C7H15F2N3O2S.ClH/c8-7(9,5-10)6-11-15(13,14)12-3-1-2-4-12;/h11H,1-6,10H2;1H. The van der Waals surface area contributed by atoms with E-state index in [4.69, 9.17) is 5.73 Å². The fraction of sp³-hybridized carbons (Fsp3) is 1.00. The number of alkyl halides is 2. The number of halogens is 3. The van der Waals surface area contributed by atoms with Crippen LogP contribution in [0.5, 0.6) is 0 Å². The molecule has 0 aromatic rings. The molecule has 98 valence electrons. The largest absolute Gasteiger partial charge is 0.325 e. The number of nitrogens with one attached hydrogen (secondary N) is 1. The summed E-state index contributed by atoms with van der Waals surface area (Å²) in [6.07, 6.45) is 1.54. The summed E-state index contributed by atoms with van der Waals surface area (Å²) in [5.41, 5.74) is 4.79. The summed E-state index contributed by atoms with van der Waals surface area (Å²) >= 11 is 0. The van der Waals surface area contributed by atoms with Crippen LogP contribution in [0.1, 0.15) is 12.8 Å². The number of rotatable bonds is 5. The first-order chi connectivity index (χ1) is 6.87. The Labute approximate surface area is 100.0 Å². The quantitative estimate of drug-likeness (QED) is 0.740. The van der Waals surface area contributed by atoms with Crippen LogP contribution in [-0.4, -0.2) is 44.8 Å². The molecule has 0 aliphatic carbocycles. The monoisotopic (exact) mass is 279 g/mol.